The molecule has 28 heavy (non-hydrogen) atoms. The average molecular weight is 412 g/mol. The van der Waals surface area contributed by atoms with Crippen LogP contribution in [-0.2, 0) is 22.9 Å². The van der Waals surface area contributed by atoms with Crippen LogP contribution < -0.4 is 15.8 Å². The minimum atomic E-state index is -0.921. The van der Waals surface area contributed by atoms with Crippen LogP contribution in [0.5, 0.6) is 5.75 Å². The Morgan fingerprint density at radius 3 is 2.36 bits per heavy atom. The summed E-state index contributed by atoms with van der Waals surface area (Å²) in [5, 5.41) is 8.76. The summed E-state index contributed by atoms with van der Waals surface area (Å²) in [6.45, 7) is 3.34. The molecule has 0 aliphatic heterocycles. The molecule has 2 rings (SSSR count). The summed E-state index contributed by atoms with van der Waals surface area (Å²) >= 11 is -0.750. The number of hydrogen-bond acceptors (Lipinski definition) is 6. The van der Waals surface area contributed by atoms with Crippen molar-refractivity contribution in [1.82, 2.24) is 10.0 Å². The smallest absolute Gasteiger partial charge is 0.335 e. The lowest BCUT2D eigenvalue weighted by molar-refractivity contribution is -0.138. The first-order valence-corrected chi connectivity index (χ1v) is 8.78. The fourth-order valence-electron chi connectivity index (χ4n) is 2.50. The molecular formula is C18H21FN2O6S. The van der Waals surface area contributed by atoms with Crippen molar-refractivity contribution in [2.75, 3.05) is 7.11 Å². The van der Waals surface area contributed by atoms with Crippen LogP contribution in [0.25, 0.3) is 11.1 Å². The number of amides is 1. The zero-order valence-corrected chi connectivity index (χ0v) is 16.4. The van der Waals surface area contributed by atoms with Crippen molar-refractivity contribution in [3.05, 3.63) is 52.7 Å². The number of pyridine rings is 1. The predicted octanol–water partition coefficient (Wildman–Crippen LogP) is 1.91. The summed E-state index contributed by atoms with van der Waals surface area (Å²) in [6.07, 6.45) is 1.34. The van der Waals surface area contributed by atoms with Gasteiger partial charge in [0.1, 0.15) is 0 Å². The van der Waals surface area contributed by atoms with E-state index in [1.165, 1.54) is 11.7 Å². The topological polar surface area (TPSA) is 115 Å². The van der Waals surface area contributed by atoms with Gasteiger partial charge >= 0.3 is 11.6 Å². The summed E-state index contributed by atoms with van der Waals surface area (Å²) < 4.78 is 37.6. The average Bonchev–Trinajstić information content (AvgIpc) is 2.68. The number of carbonyl (C=O) groups excluding carboxylic acids is 1. The third-order valence-corrected chi connectivity index (χ3v) is 4.15. The minimum Gasteiger partial charge on any atom is -0.491 e. The molecule has 2 aromatic rings. The number of ether oxygens (including phenoxy) is 1. The van der Waals surface area contributed by atoms with Crippen LogP contribution in [-0.4, -0.2) is 31.2 Å². The molecule has 2 N–H and O–H groups in total. The molecule has 8 nitrogen and oxygen atoms in total. The van der Waals surface area contributed by atoms with E-state index in [9.17, 15) is 14.0 Å². The number of nitrogens with one attached hydrogen (secondary N) is 1. The first-order chi connectivity index (χ1) is 13.2. The zero-order valence-electron chi connectivity index (χ0n) is 15.6. The molecule has 0 saturated carbocycles. The third kappa shape index (κ3) is 5.57. The molecule has 1 amide bonds. The molecule has 0 spiro atoms. The highest BCUT2D eigenvalue weighted by Gasteiger charge is 2.28. The van der Waals surface area contributed by atoms with Crippen LogP contribution in [0.4, 0.5) is 4.39 Å². The number of hydroxylamine groups is 1. The van der Waals surface area contributed by atoms with E-state index in [4.69, 9.17) is 18.4 Å². The Kier molecular flexibility index (Phi) is 8.68. The quantitative estimate of drug-likeness (QED) is 0.553. The highest BCUT2D eigenvalue weighted by Crippen LogP contribution is 2.30. The number of carbonyl (C=O) groups is 1. The number of hydrogen-bond donors (Lipinski definition) is 2. The Balaban J connectivity index is 0.00000122. The summed E-state index contributed by atoms with van der Waals surface area (Å²) in [4.78, 5) is 24.2. The molecule has 152 valence electrons. The standard InChI is InChI=1S/C18H21FN2O4.O2S/c1-18(2,17(23)20-24)9-10-21-11-13(19)14(15(25-3)16(21)22)12-7-5-4-6-8-12;1-3-2/h4-8,11,24H,9-10H2,1-3H3,(H,20,23);. The van der Waals surface area contributed by atoms with Crippen molar-refractivity contribution in [3.8, 4) is 16.9 Å². The van der Waals surface area contributed by atoms with Gasteiger partial charge in [0.2, 0.25) is 5.91 Å². The van der Waals surface area contributed by atoms with Gasteiger partial charge in [-0.05, 0) is 12.0 Å². The van der Waals surface area contributed by atoms with Crippen molar-refractivity contribution in [1.29, 1.82) is 0 Å². The van der Waals surface area contributed by atoms with Crippen LogP contribution >= 0.6 is 0 Å². The molecule has 1 aromatic heterocycles. The molecular weight excluding hydrogens is 391 g/mol. The lowest BCUT2D eigenvalue weighted by atomic mass is 9.88. The van der Waals surface area contributed by atoms with Gasteiger partial charge < -0.3 is 9.30 Å². The number of halogens is 1. The summed E-state index contributed by atoms with van der Waals surface area (Å²) in [5.41, 5.74) is 0.842. The van der Waals surface area contributed by atoms with E-state index in [0.717, 1.165) is 6.20 Å². The minimum absolute atomic E-state index is 0.0874. The number of methoxy groups -OCH3 is 1. The van der Waals surface area contributed by atoms with E-state index in [1.807, 2.05) is 0 Å². The first kappa shape index (κ1) is 23.2. The van der Waals surface area contributed by atoms with Crippen LogP contribution in [0.3, 0.4) is 0 Å². The SMILES string of the molecule is COc1c(-c2ccccc2)c(F)cn(CCC(C)(C)C(=O)NO)c1=O.O=S=O. The monoisotopic (exact) mass is 412 g/mol. The molecule has 0 bridgehead atoms. The lowest BCUT2D eigenvalue weighted by Gasteiger charge is -2.22. The fraction of sp³-hybridized carbons (Fsp3) is 0.333. The number of rotatable bonds is 6. The van der Waals surface area contributed by atoms with Gasteiger partial charge in [-0.25, -0.2) is 9.87 Å². The molecule has 0 unspecified atom stereocenters. The first-order valence-electron chi connectivity index (χ1n) is 8.12. The van der Waals surface area contributed by atoms with E-state index in [-0.39, 0.29) is 24.3 Å². The van der Waals surface area contributed by atoms with E-state index in [0.29, 0.717) is 5.56 Å². The lowest BCUT2D eigenvalue weighted by Crippen LogP contribution is -2.36. The van der Waals surface area contributed by atoms with Crippen LogP contribution in [0.1, 0.15) is 20.3 Å². The van der Waals surface area contributed by atoms with Gasteiger partial charge in [-0.15, -0.1) is 0 Å². The highest BCUT2D eigenvalue weighted by atomic mass is 32.1. The molecule has 0 radical (unpaired) electrons. The van der Waals surface area contributed by atoms with Gasteiger partial charge in [-0.1, -0.05) is 44.2 Å². The Hall–Kier alpha value is -2.85. The maximum atomic E-state index is 14.6. The molecule has 0 fully saturated rings. The molecule has 0 saturated heterocycles. The third-order valence-electron chi connectivity index (χ3n) is 4.15. The number of nitrogens with zero attached hydrogens (tertiary/aromatic N) is 1. The van der Waals surface area contributed by atoms with Gasteiger partial charge in [-0.3, -0.25) is 14.8 Å². The van der Waals surface area contributed by atoms with E-state index < -0.39 is 34.3 Å². The molecule has 10 heteroatoms. The Morgan fingerprint density at radius 1 is 1.29 bits per heavy atom. The van der Waals surface area contributed by atoms with Crippen LogP contribution in [0, 0.1) is 11.2 Å². The molecule has 1 aromatic carbocycles. The summed E-state index contributed by atoms with van der Waals surface area (Å²) in [5.74, 6) is -1.25. The van der Waals surface area contributed by atoms with Gasteiger partial charge in [0.15, 0.2) is 11.6 Å². The molecule has 0 atom stereocenters. The molecule has 0 aliphatic carbocycles. The summed E-state index contributed by atoms with van der Waals surface area (Å²) in [6, 6.07) is 8.67. The Morgan fingerprint density at radius 2 is 1.86 bits per heavy atom. The van der Waals surface area contributed by atoms with E-state index >= 15 is 0 Å². The largest absolute Gasteiger partial charge is 0.491 e. The maximum absolute atomic E-state index is 14.6. The maximum Gasteiger partial charge on any atom is 0.335 e. The Labute approximate surface area is 164 Å². The Bertz CT molecular complexity index is 908. The van der Waals surface area contributed by atoms with Gasteiger partial charge in [0, 0.05) is 18.2 Å². The number of benzene rings is 1. The molecule has 1 heterocycles. The van der Waals surface area contributed by atoms with Crippen molar-refractivity contribution in [2.45, 2.75) is 26.8 Å². The highest BCUT2D eigenvalue weighted by molar-refractivity contribution is 7.51. The van der Waals surface area contributed by atoms with Gasteiger partial charge in [-0.2, -0.15) is 8.42 Å². The van der Waals surface area contributed by atoms with Gasteiger partial charge in [0.25, 0.3) is 5.56 Å². The van der Waals surface area contributed by atoms with E-state index in [2.05, 4.69) is 0 Å². The van der Waals surface area contributed by atoms with Crippen molar-refractivity contribution in [2.24, 2.45) is 5.41 Å². The fourth-order valence-corrected chi connectivity index (χ4v) is 2.50. The summed E-state index contributed by atoms with van der Waals surface area (Å²) in [7, 11) is 1.32. The van der Waals surface area contributed by atoms with Gasteiger partial charge in [0.05, 0.1) is 12.7 Å². The van der Waals surface area contributed by atoms with Crippen molar-refractivity contribution < 1.29 is 27.5 Å². The second kappa shape index (κ2) is 10.5. The van der Waals surface area contributed by atoms with Crippen molar-refractivity contribution >= 4 is 17.5 Å². The second-order valence-corrected chi connectivity index (χ2v) is 6.53. The number of aryl methyl sites for hydroxylation is 1. The van der Waals surface area contributed by atoms with Crippen molar-refractivity contribution in [3.63, 3.8) is 0 Å². The zero-order chi connectivity index (χ0) is 21.3. The van der Waals surface area contributed by atoms with E-state index in [1.54, 1.807) is 49.7 Å². The predicted molar refractivity (Wildman–Crippen MR) is 99.9 cm³/mol. The van der Waals surface area contributed by atoms with Crippen LogP contribution in [0.2, 0.25) is 0 Å². The van der Waals surface area contributed by atoms with Crippen LogP contribution in [0.15, 0.2) is 41.3 Å². The normalized spacial score (nSPS) is 10.5. The number of aromatic nitrogens is 1. The molecule has 0 aliphatic rings. The second-order valence-electron chi connectivity index (χ2n) is 6.39.